The van der Waals surface area contributed by atoms with Gasteiger partial charge in [-0.2, -0.15) is 0 Å². The lowest BCUT2D eigenvalue weighted by atomic mass is 10.1. The molecule has 1 rings (SSSR count). The molecule has 2 nitrogen and oxygen atoms in total. The Balaban J connectivity index is 2.96. The van der Waals surface area contributed by atoms with Gasteiger partial charge in [0.1, 0.15) is 5.76 Å². The molecule has 0 saturated heterocycles. The second-order valence-electron chi connectivity index (χ2n) is 3.20. The van der Waals surface area contributed by atoms with Gasteiger partial charge in [0, 0.05) is 12.5 Å². The molecule has 0 spiro atoms. The summed E-state index contributed by atoms with van der Waals surface area (Å²) in [6.45, 7) is 4.21. The van der Waals surface area contributed by atoms with Crippen molar-refractivity contribution in [3.63, 3.8) is 0 Å². The van der Waals surface area contributed by atoms with Crippen LogP contribution in [0.4, 0.5) is 0 Å². The first-order valence-electron chi connectivity index (χ1n) is 4.89. The van der Waals surface area contributed by atoms with Crippen LogP contribution in [-0.2, 0) is 12.8 Å². The van der Waals surface area contributed by atoms with Gasteiger partial charge in [-0.05, 0) is 24.5 Å². The van der Waals surface area contributed by atoms with Gasteiger partial charge in [-0.15, -0.1) is 0 Å². The third-order valence-corrected chi connectivity index (χ3v) is 2.00. The lowest BCUT2D eigenvalue weighted by Gasteiger charge is -2.04. The molecule has 0 unspecified atom stereocenters. The van der Waals surface area contributed by atoms with Crippen molar-refractivity contribution in [3.05, 3.63) is 33.9 Å². The molecule has 0 aliphatic heterocycles. The van der Waals surface area contributed by atoms with E-state index in [4.69, 9.17) is 4.42 Å². The van der Waals surface area contributed by atoms with Crippen molar-refractivity contribution in [1.29, 1.82) is 0 Å². The number of hydrogen-bond acceptors (Lipinski definition) is 2. The average Bonchev–Trinajstić information content (AvgIpc) is 2.10. The van der Waals surface area contributed by atoms with Gasteiger partial charge < -0.3 is 4.42 Å². The molecule has 0 amide bonds. The first kappa shape index (κ1) is 10.0. The third-order valence-electron chi connectivity index (χ3n) is 2.00. The number of aryl methyl sites for hydroxylation is 2. The molecular weight excluding hydrogens is 164 g/mol. The summed E-state index contributed by atoms with van der Waals surface area (Å²) in [5, 5.41) is 0. The van der Waals surface area contributed by atoms with Crippen molar-refractivity contribution in [2.75, 3.05) is 0 Å². The molecule has 0 aliphatic rings. The van der Waals surface area contributed by atoms with Gasteiger partial charge in [-0.3, -0.25) is 0 Å². The molecule has 0 N–H and O–H groups in total. The summed E-state index contributed by atoms with van der Waals surface area (Å²) >= 11 is 0. The summed E-state index contributed by atoms with van der Waals surface area (Å²) in [6, 6.07) is 3.39. The molecule has 72 valence electrons. The van der Waals surface area contributed by atoms with Crippen molar-refractivity contribution in [2.24, 2.45) is 0 Å². The molecule has 0 saturated carbocycles. The standard InChI is InChI=1S/C11H16O2/c1-3-5-9-7-8-11(12)13-10(9)6-4-2/h7-8H,3-6H2,1-2H3. The van der Waals surface area contributed by atoms with Crippen molar-refractivity contribution in [1.82, 2.24) is 0 Å². The molecule has 0 radical (unpaired) electrons. The van der Waals surface area contributed by atoms with E-state index < -0.39 is 0 Å². The fourth-order valence-corrected chi connectivity index (χ4v) is 1.41. The molecule has 0 aliphatic carbocycles. The molecule has 1 aromatic rings. The second-order valence-corrected chi connectivity index (χ2v) is 3.20. The average molecular weight is 180 g/mol. The van der Waals surface area contributed by atoms with Gasteiger partial charge in [0.05, 0.1) is 0 Å². The summed E-state index contributed by atoms with van der Waals surface area (Å²) in [7, 11) is 0. The summed E-state index contributed by atoms with van der Waals surface area (Å²) < 4.78 is 5.15. The first-order chi connectivity index (χ1) is 6.27. The van der Waals surface area contributed by atoms with Crippen molar-refractivity contribution < 1.29 is 4.42 Å². The maximum absolute atomic E-state index is 11.0. The zero-order valence-electron chi connectivity index (χ0n) is 8.30. The van der Waals surface area contributed by atoms with Crippen LogP contribution in [0.5, 0.6) is 0 Å². The van der Waals surface area contributed by atoms with E-state index in [0.29, 0.717) is 0 Å². The minimum absolute atomic E-state index is 0.233. The molecule has 13 heavy (non-hydrogen) atoms. The van der Waals surface area contributed by atoms with Gasteiger partial charge in [-0.1, -0.05) is 20.3 Å². The lowest BCUT2D eigenvalue weighted by Crippen LogP contribution is -2.03. The van der Waals surface area contributed by atoms with E-state index in [1.54, 1.807) is 0 Å². The molecule has 0 bridgehead atoms. The Kier molecular flexibility index (Phi) is 3.74. The van der Waals surface area contributed by atoms with Crippen LogP contribution in [-0.4, -0.2) is 0 Å². The SMILES string of the molecule is CCCc1ccc(=O)oc1CCC. The number of hydrogen-bond donors (Lipinski definition) is 0. The summed E-state index contributed by atoms with van der Waals surface area (Å²) in [4.78, 5) is 11.0. The highest BCUT2D eigenvalue weighted by atomic mass is 16.4. The maximum atomic E-state index is 11.0. The van der Waals surface area contributed by atoms with Crippen LogP contribution in [0.3, 0.4) is 0 Å². The Labute approximate surface area is 78.6 Å². The predicted octanol–water partition coefficient (Wildman–Crippen LogP) is 2.54. The molecule has 1 aromatic heterocycles. The van der Waals surface area contributed by atoms with E-state index >= 15 is 0 Å². The van der Waals surface area contributed by atoms with Crippen LogP contribution in [0, 0.1) is 0 Å². The van der Waals surface area contributed by atoms with Gasteiger partial charge in [0.2, 0.25) is 0 Å². The van der Waals surface area contributed by atoms with Crippen molar-refractivity contribution >= 4 is 0 Å². The molecule has 2 heteroatoms. The summed E-state index contributed by atoms with van der Waals surface area (Å²) in [5.41, 5.74) is 0.951. The monoisotopic (exact) mass is 180 g/mol. The highest BCUT2D eigenvalue weighted by Crippen LogP contribution is 2.10. The minimum Gasteiger partial charge on any atom is -0.428 e. The second kappa shape index (κ2) is 4.85. The minimum atomic E-state index is -0.233. The third kappa shape index (κ3) is 2.72. The smallest absolute Gasteiger partial charge is 0.335 e. The Morgan fingerprint density at radius 1 is 1.15 bits per heavy atom. The van der Waals surface area contributed by atoms with Crippen LogP contribution in [0.25, 0.3) is 0 Å². The van der Waals surface area contributed by atoms with E-state index in [0.717, 1.165) is 31.4 Å². The fraction of sp³-hybridized carbons (Fsp3) is 0.545. The van der Waals surface area contributed by atoms with E-state index in [1.807, 2.05) is 6.07 Å². The quantitative estimate of drug-likeness (QED) is 0.712. The first-order valence-corrected chi connectivity index (χ1v) is 4.89. The maximum Gasteiger partial charge on any atom is 0.335 e. The summed E-state index contributed by atoms with van der Waals surface area (Å²) in [6.07, 6.45) is 3.97. The van der Waals surface area contributed by atoms with E-state index in [-0.39, 0.29) is 5.63 Å². The fourth-order valence-electron chi connectivity index (χ4n) is 1.41. The van der Waals surface area contributed by atoms with Gasteiger partial charge in [-0.25, -0.2) is 4.79 Å². The van der Waals surface area contributed by atoms with Gasteiger partial charge in [0.25, 0.3) is 0 Å². The largest absolute Gasteiger partial charge is 0.428 e. The van der Waals surface area contributed by atoms with Crippen LogP contribution < -0.4 is 5.63 Å². The zero-order valence-corrected chi connectivity index (χ0v) is 8.30. The highest BCUT2D eigenvalue weighted by molar-refractivity contribution is 5.17. The van der Waals surface area contributed by atoms with Crippen molar-refractivity contribution in [2.45, 2.75) is 39.5 Å². The predicted molar refractivity (Wildman–Crippen MR) is 53.0 cm³/mol. The zero-order chi connectivity index (χ0) is 9.68. The van der Waals surface area contributed by atoms with Crippen LogP contribution in [0.15, 0.2) is 21.3 Å². The Hall–Kier alpha value is -1.05. The molecule has 0 aromatic carbocycles. The Morgan fingerprint density at radius 2 is 1.85 bits per heavy atom. The lowest BCUT2D eigenvalue weighted by molar-refractivity contribution is 0.448. The van der Waals surface area contributed by atoms with E-state index in [1.165, 1.54) is 11.6 Å². The molecule has 0 atom stereocenters. The number of rotatable bonds is 4. The van der Waals surface area contributed by atoms with E-state index in [2.05, 4.69) is 13.8 Å². The van der Waals surface area contributed by atoms with Crippen LogP contribution in [0.1, 0.15) is 38.0 Å². The molecule has 0 fully saturated rings. The highest BCUT2D eigenvalue weighted by Gasteiger charge is 2.03. The molecule has 1 heterocycles. The normalized spacial score (nSPS) is 10.3. The van der Waals surface area contributed by atoms with E-state index in [9.17, 15) is 4.79 Å². The Bertz CT molecular complexity index is 312. The van der Waals surface area contributed by atoms with Gasteiger partial charge >= 0.3 is 5.63 Å². The Morgan fingerprint density at radius 3 is 2.46 bits per heavy atom. The van der Waals surface area contributed by atoms with Crippen LogP contribution in [0.2, 0.25) is 0 Å². The van der Waals surface area contributed by atoms with Crippen molar-refractivity contribution in [3.8, 4) is 0 Å². The van der Waals surface area contributed by atoms with Crippen LogP contribution >= 0.6 is 0 Å². The van der Waals surface area contributed by atoms with Gasteiger partial charge in [0.15, 0.2) is 0 Å². The summed E-state index contributed by atoms with van der Waals surface area (Å²) in [5.74, 6) is 0.872. The topological polar surface area (TPSA) is 30.2 Å². The molecular formula is C11H16O2.